The molecule has 3 rings (SSSR count). The van der Waals surface area contributed by atoms with E-state index in [1.54, 1.807) is 18.3 Å². The molecule has 1 amide bonds. The molecule has 1 fully saturated rings. The Bertz CT molecular complexity index is 751. The Morgan fingerprint density at radius 2 is 2.07 bits per heavy atom. The third kappa shape index (κ3) is 4.72. The van der Waals surface area contributed by atoms with Crippen LogP contribution in [0, 0.1) is 0 Å². The second kappa shape index (κ2) is 9.29. The summed E-state index contributed by atoms with van der Waals surface area (Å²) in [6.45, 7) is 3.42. The minimum atomic E-state index is -0.246. The van der Waals surface area contributed by atoms with Gasteiger partial charge in [0.2, 0.25) is 11.8 Å². The van der Waals surface area contributed by atoms with Crippen LogP contribution in [0.3, 0.4) is 0 Å². The van der Waals surface area contributed by atoms with Crippen molar-refractivity contribution < 1.29 is 19.0 Å². The number of carbonyl (C=O) groups excluding carboxylic acids is 1. The van der Waals surface area contributed by atoms with E-state index < -0.39 is 0 Å². The lowest BCUT2D eigenvalue weighted by Gasteiger charge is -2.34. The molecule has 27 heavy (non-hydrogen) atoms. The van der Waals surface area contributed by atoms with E-state index in [9.17, 15) is 4.79 Å². The molecule has 1 aliphatic heterocycles. The second-order valence-electron chi connectivity index (χ2n) is 6.07. The van der Waals surface area contributed by atoms with Gasteiger partial charge in [0.1, 0.15) is 5.56 Å². The number of rotatable bonds is 7. The summed E-state index contributed by atoms with van der Waals surface area (Å²) >= 11 is 0. The van der Waals surface area contributed by atoms with Crippen LogP contribution in [-0.2, 0) is 4.74 Å². The van der Waals surface area contributed by atoms with Crippen molar-refractivity contribution in [2.45, 2.75) is 6.04 Å². The average molecular weight is 372 g/mol. The van der Waals surface area contributed by atoms with Gasteiger partial charge >= 0.3 is 0 Å². The first-order chi connectivity index (χ1) is 13.2. The molecular formula is C19H24N4O4. The number of hydrogen-bond acceptors (Lipinski definition) is 7. The van der Waals surface area contributed by atoms with E-state index in [-0.39, 0.29) is 17.8 Å². The summed E-state index contributed by atoms with van der Waals surface area (Å²) in [6, 6.07) is 7.23. The smallest absolute Gasteiger partial charge is 0.256 e. The summed E-state index contributed by atoms with van der Waals surface area (Å²) in [6.07, 6.45) is 3.58. The van der Waals surface area contributed by atoms with Crippen LogP contribution in [0.2, 0.25) is 0 Å². The van der Waals surface area contributed by atoms with Crippen LogP contribution >= 0.6 is 0 Å². The van der Waals surface area contributed by atoms with Gasteiger partial charge in [0.05, 0.1) is 33.5 Å². The largest absolute Gasteiger partial charge is 0.481 e. The topological polar surface area (TPSA) is 85.8 Å². The van der Waals surface area contributed by atoms with Crippen LogP contribution < -0.4 is 14.8 Å². The van der Waals surface area contributed by atoms with Gasteiger partial charge in [-0.3, -0.25) is 14.7 Å². The standard InChI is InChI=1S/C19H24N4O4/c1-25-17-6-5-15(19(22-17)26-2)18(24)21-13-16(14-4-3-7-20-12-14)23-8-10-27-11-9-23/h3-7,12,16H,8-11,13H2,1-2H3,(H,21,24)/t16-/m0/s1. The lowest BCUT2D eigenvalue weighted by molar-refractivity contribution is 0.0161. The van der Waals surface area contributed by atoms with Crippen LogP contribution in [0.15, 0.2) is 36.7 Å². The molecule has 2 aromatic rings. The number of nitrogens with one attached hydrogen (secondary N) is 1. The van der Waals surface area contributed by atoms with E-state index in [0.29, 0.717) is 31.2 Å². The molecule has 1 atom stereocenters. The van der Waals surface area contributed by atoms with Gasteiger partial charge in [0.15, 0.2) is 0 Å². The Kier molecular flexibility index (Phi) is 6.56. The van der Waals surface area contributed by atoms with Gasteiger partial charge < -0.3 is 19.5 Å². The van der Waals surface area contributed by atoms with Crippen LogP contribution in [0.5, 0.6) is 11.8 Å². The summed E-state index contributed by atoms with van der Waals surface area (Å²) < 4.78 is 15.8. The van der Waals surface area contributed by atoms with Gasteiger partial charge in [-0.25, -0.2) is 0 Å². The quantitative estimate of drug-likeness (QED) is 0.784. The van der Waals surface area contributed by atoms with Crippen molar-refractivity contribution in [1.82, 2.24) is 20.2 Å². The lowest BCUT2D eigenvalue weighted by Crippen LogP contribution is -2.43. The number of morpholine rings is 1. The van der Waals surface area contributed by atoms with E-state index >= 15 is 0 Å². The first-order valence-corrected chi connectivity index (χ1v) is 8.82. The predicted molar refractivity (Wildman–Crippen MR) is 99.0 cm³/mol. The Balaban J connectivity index is 1.74. The fourth-order valence-corrected chi connectivity index (χ4v) is 3.07. The maximum absolute atomic E-state index is 12.7. The molecule has 0 spiro atoms. The molecule has 144 valence electrons. The third-order valence-corrected chi connectivity index (χ3v) is 4.49. The molecule has 1 aliphatic rings. The summed E-state index contributed by atoms with van der Waals surface area (Å²) in [5, 5.41) is 3.00. The number of carbonyl (C=O) groups is 1. The Morgan fingerprint density at radius 3 is 2.74 bits per heavy atom. The molecule has 0 saturated carbocycles. The van der Waals surface area contributed by atoms with Crippen molar-refractivity contribution in [3.8, 4) is 11.8 Å². The SMILES string of the molecule is COc1ccc(C(=O)NC[C@@H](c2cccnc2)N2CCOCC2)c(OC)n1. The maximum Gasteiger partial charge on any atom is 0.256 e. The van der Waals surface area contributed by atoms with Gasteiger partial charge in [-0.1, -0.05) is 6.07 Å². The third-order valence-electron chi connectivity index (χ3n) is 4.49. The summed E-state index contributed by atoms with van der Waals surface area (Å²) in [4.78, 5) is 23.4. The number of methoxy groups -OCH3 is 2. The first kappa shape index (κ1) is 19.1. The maximum atomic E-state index is 12.7. The van der Waals surface area contributed by atoms with Crippen molar-refractivity contribution in [2.75, 3.05) is 47.1 Å². The van der Waals surface area contributed by atoms with Gasteiger partial charge in [0.25, 0.3) is 5.91 Å². The number of amides is 1. The van der Waals surface area contributed by atoms with E-state index in [1.807, 2.05) is 18.3 Å². The molecular weight excluding hydrogens is 348 g/mol. The Morgan fingerprint density at radius 1 is 1.26 bits per heavy atom. The molecule has 0 aliphatic carbocycles. The van der Waals surface area contributed by atoms with Crippen molar-refractivity contribution in [2.24, 2.45) is 0 Å². The van der Waals surface area contributed by atoms with Crippen LogP contribution in [-0.4, -0.2) is 67.8 Å². The fraction of sp³-hybridized carbons (Fsp3) is 0.421. The molecule has 8 heteroatoms. The first-order valence-electron chi connectivity index (χ1n) is 8.82. The minimum absolute atomic E-state index is 0.0174. The molecule has 0 unspecified atom stereocenters. The summed E-state index contributed by atoms with van der Waals surface area (Å²) in [5.41, 5.74) is 1.42. The van der Waals surface area contributed by atoms with E-state index in [0.717, 1.165) is 18.7 Å². The van der Waals surface area contributed by atoms with Crippen LogP contribution in [0.4, 0.5) is 0 Å². The van der Waals surface area contributed by atoms with Gasteiger partial charge in [-0.15, -0.1) is 0 Å². The highest BCUT2D eigenvalue weighted by molar-refractivity contribution is 5.96. The number of hydrogen-bond donors (Lipinski definition) is 1. The molecule has 1 saturated heterocycles. The second-order valence-corrected chi connectivity index (χ2v) is 6.07. The molecule has 8 nitrogen and oxygen atoms in total. The molecule has 0 bridgehead atoms. The van der Waals surface area contributed by atoms with Gasteiger partial charge in [-0.2, -0.15) is 4.98 Å². The highest BCUT2D eigenvalue weighted by Crippen LogP contribution is 2.22. The fourth-order valence-electron chi connectivity index (χ4n) is 3.07. The lowest BCUT2D eigenvalue weighted by atomic mass is 10.1. The van der Waals surface area contributed by atoms with Gasteiger partial charge in [-0.05, 0) is 17.7 Å². The van der Waals surface area contributed by atoms with E-state index in [1.165, 1.54) is 14.2 Å². The number of aromatic nitrogens is 2. The Labute approximate surface area is 158 Å². The molecule has 0 aromatic carbocycles. The van der Waals surface area contributed by atoms with E-state index in [4.69, 9.17) is 14.2 Å². The van der Waals surface area contributed by atoms with Crippen LogP contribution in [0.25, 0.3) is 0 Å². The summed E-state index contributed by atoms with van der Waals surface area (Å²) in [5.74, 6) is 0.380. The van der Waals surface area contributed by atoms with Crippen molar-refractivity contribution in [3.05, 3.63) is 47.8 Å². The van der Waals surface area contributed by atoms with E-state index in [2.05, 4.69) is 20.2 Å². The number of ether oxygens (including phenoxy) is 3. The molecule has 2 aromatic heterocycles. The molecule has 0 radical (unpaired) electrons. The van der Waals surface area contributed by atoms with Crippen molar-refractivity contribution in [1.29, 1.82) is 0 Å². The average Bonchev–Trinajstić information content (AvgIpc) is 2.74. The highest BCUT2D eigenvalue weighted by atomic mass is 16.5. The number of pyridine rings is 2. The highest BCUT2D eigenvalue weighted by Gasteiger charge is 2.24. The predicted octanol–water partition coefficient (Wildman–Crippen LogP) is 1.30. The zero-order valence-corrected chi connectivity index (χ0v) is 15.6. The zero-order valence-electron chi connectivity index (χ0n) is 15.6. The van der Waals surface area contributed by atoms with Crippen molar-refractivity contribution >= 4 is 5.91 Å². The minimum Gasteiger partial charge on any atom is -0.481 e. The summed E-state index contributed by atoms with van der Waals surface area (Å²) in [7, 11) is 2.99. The normalized spacial score (nSPS) is 15.8. The zero-order chi connectivity index (χ0) is 19.1. The monoisotopic (exact) mass is 372 g/mol. The van der Waals surface area contributed by atoms with Crippen LogP contribution in [0.1, 0.15) is 22.0 Å². The Hall–Kier alpha value is -2.71. The number of nitrogens with zero attached hydrogens (tertiary/aromatic N) is 3. The van der Waals surface area contributed by atoms with Crippen molar-refractivity contribution in [3.63, 3.8) is 0 Å². The molecule has 3 heterocycles. The molecule has 1 N–H and O–H groups in total. The van der Waals surface area contributed by atoms with Gasteiger partial charge in [0, 0.05) is 38.1 Å².